The van der Waals surface area contributed by atoms with Crippen LogP contribution in [0.1, 0.15) is 29.9 Å². The molecular weight excluding hydrogens is 358 g/mol. The van der Waals surface area contributed by atoms with Gasteiger partial charge in [0, 0.05) is 19.0 Å². The molecule has 0 atom stereocenters. The van der Waals surface area contributed by atoms with Crippen molar-refractivity contribution in [3.8, 4) is 11.1 Å². The van der Waals surface area contributed by atoms with E-state index in [0.29, 0.717) is 0 Å². The van der Waals surface area contributed by atoms with Crippen LogP contribution < -0.4 is 0 Å². The van der Waals surface area contributed by atoms with Crippen molar-refractivity contribution in [3.05, 3.63) is 59.7 Å². The number of amides is 1. The average molecular weight is 381 g/mol. The zero-order chi connectivity index (χ0) is 19.7. The van der Waals surface area contributed by atoms with E-state index in [1.54, 1.807) is 0 Å². The SMILES string of the molecule is O=C(OCC1c2ccccc2-c2ccccc21)N1CCC(CO)(C(=O)O)CC1. The van der Waals surface area contributed by atoms with E-state index < -0.39 is 24.1 Å². The molecule has 2 aromatic rings. The van der Waals surface area contributed by atoms with Crippen molar-refractivity contribution in [2.24, 2.45) is 5.41 Å². The first-order chi connectivity index (χ1) is 13.6. The summed E-state index contributed by atoms with van der Waals surface area (Å²) >= 11 is 0. The Labute approximate surface area is 163 Å². The molecule has 6 heteroatoms. The third-order valence-corrected chi connectivity index (χ3v) is 6.07. The molecule has 1 amide bonds. The molecule has 2 aromatic carbocycles. The van der Waals surface area contributed by atoms with E-state index in [1.165, 1.54) is 16.0 Å². The Kier molecular flexibility index (Phi) is 4.81. The molecule has 146 valence electrons. The number of carbonyl (C=O) groups excluding carboxylic acids is 1. The molecule has 2 N–H and O–H groups in total. The largest absolute Gasteiger partial charge is 0.481 e. The number of carboxylic acid groups (broad SMARTS) is 1. The van der Waals surface area contributed by atoms with E-state index >= 15 is 0 Å². The lowest BCUT2D eigenvalue weighted by Gasteiger charge is -2.37. The molecular formula is C22H23NO5. The number of nitrogens with zero attached hydrogens (tertiary/aromatic N) is 1. The van der Waals surface area contributed by atoms with E-state index in [4.69, 9.17) is 4.74 Å². The molecule has 6 nitrogen and oxygen atoms in total. The van der Waals surface area contributed by atoms with E-state index in [1.807, 2.05) is 24.3 Å². The van der Waals surface area contributed by atoms with Gasteiger partial charge in [-0.1, -0.05) is 48.5 Å². The lowest BCUT2D eigenvalue weighted by molar-refractivity contribution is -0.154. The van der Waals surface area contributed by atoms with Gasteiger partial charge in [-0.3, -0.25) is 4.79 Å². The predicted molar refractivity (Wildman–Crippen MR) is 103 cm³/mol. The van der Waals surface area contributed by atoms with Gasteiger partial charge in [0.05, 0.1) is 12.0 Å². The number of hydrogen-bond donors (Lipinski definition) is 2. The summed E-state index contributed by atoms with van der Waals surface area (Å²) in [4.78, 5) is 25.5. The summed E-state index contributed by atoms with van der Waals surface area (Å²) in [6.45, 7) is 0.362. The average Bonchev–Trinajstić information content (AvgIpc) is 3.06. The molecule has 0 bridgehead atoms. The first-order valence-corrected chi connectivity index (χ1v) is 9.50. The van der Waals surface area contributed by atoms with Crippen molar-refractivity contribution in [2.45, 2.75) is 18.8 Å². The van der Waals surface area contributed by atoms with Crippen LogP contribution in [0.3, 0.4) is 0 Å². The number of rotatable bonds is 4. The Balaban J connectivity index is 1.43. The molecule has 0 saturated carbocycles. The standard InChI is InChI=1S/C22H23NO5/c24-14-22(20(25)26)9-11-23(12-10-22)21(27)28-13-19-17-7-3-1-5-15(17)16-6-2-4-8-18(16)19/h1-8,19,24H,9-14H2,(H,25,26). The summed E-state index contributed by atoms with van der Waals surface area (Å²) in [6, 6.07) is 16.3. The van der Waals surface area contributed by atoms with Gasteiger partial charge < -0.3 is 19.8 Å². The number of benzene rings is 2. The van der Waals surface area contributed by atoms with Gasteiger partial charge in [-0.2, -0.15) is 0 Å². The molecule has 28 heavy (non-hydrogen) atoms. The molecule has 1 fully saturated rings. The van der Waals surface area contributed by atoms with Gasteiger partial charge in [-0.25, -0.2) is 4.79 Å². The summed E-state index contributed by atoms with van der Waals surface area (Å²) < 4.78 is 5.62. The maximum absolute atomic E-state index is 12.5. The highest BCUT2D eigenvalue weighted by molar-refractivity contribution is 5.79. The second-order valence-electron chi connectivity index (χ2n) is 7.53. The van der Waals surface area contributed by atoms with Crippen molar-refractivity contribution in [1.29, 1.82) is 0 Å². The Hall–Kier alpha value is -2.86. The molecule has 1 aliphatic carbocycles. The first kappa shape index (κ1) is 18.5. The molecule has 1 aliphatic heterocycles. The molecule has 1 saturated heterocycles. The predicted octanol–water partition coefficient (Wildman–Crippen LogP) is 3.09. The van der Waals surface area contributed by atoms with Gasteiger partial charge in [-0.15, -0.1) is 0 Å². The highest BCUT2D eigenvalue weighted by Gasteiger charge is 2.42. The number of hydrogen-bond acceptors (Lipinski definition) is 4. The number of ether oxygens (including phenoxy) is 1. The molecule has 1 heterocycles. The van der Waals surface area contributed by atoms with Crippen molar-refractivity contribution in [2.75, 3.05) is 26.3 Å². The molecule has 4 rings (SSSR count). The van der Waals surface area contributed by atoms with Gasteiger partial charge in [0.2, 0.25) is 0 Å². The number of carboxylic acids is 1. The number of piperidine rings is 1. The van der Waals surface area contributed by atoms with Crippen LogP contribution in [0.15, 0.2) is 48.5 Å². The van der Waals surface area contributed by atoms with Gasteiger partial charge in [0.15, 0.2) is 0 Å². The summed E-state index contributed by atoms with van der Waals surface area (Å²) in [5, 5.41) is 18.8. The zero-order valence-corrected chi connectivity index (χ0v) is 15.5. The minimum absolute atomic E-state index is 0.00306. The van der Waals surface area contributed by atoms with E-state index in [0.717, 1.165) is 11.1 Å². The summed E-state index contributed by atoms with van der Waals surface area (Å²) in [5.74, 6) is -1.01. The molecule has 0 spiro atoms. The normalized spacial score (nSPS) is 17.7. The lowest BCUT2D eigenvalue weighted by atomic mass is 9.79. The number of aliphatic hydroxyl groups excluding tert-OH is 1. The first-order valence-electron chi connectivity index (χ1n) is 9.50. The van der Waals surface area contributed by atoms with Gasteiger partial charge in [-0.05, 0) is 35.1 Å². The van der Waals surface area contributed by atoms with Gasteiger partial charge in [0.25, 0.3) is 0 Å². The lowest BCUT2D eigenvalue weighted by Crippen LogP contribution is -2.48. The highest BCUT2D eigenvalue weighted by atomic mass is 16.6. The zero-order valence-electron chi connectivity index (χ0n) is 15.5. The molecule has 2 aliphatic rings. The highest BCUT2D eigenvalue weighted by Crippen LogP contribution is 2.44. The smallest absolute Gasteiger partial charge is 0.409 e. The molecule has 0 aromatic heterocycles. The number of aliphatic hydroxyl groups is 1. The van der Waals surface area contributed by atoms with Crippen LogP contribution >= 0.6 is 0 Å². The third-order valence-electron chi connectivity index (χ3n) is 6.07. The van der Waals surface area contributed by atoms with Crippen LogP contribution in [0.4, 0.5) is 4.79 Å². The van der Waals surface area contributed by atoms with Gasteiger partial charge >= 0.3 is 12.1 Å². The maximum Gasteiger partial charge on any atom is 0.409 e. The minimum Gasteiger partial charge on any atom is -0.481 e. The fourth-order valence-electron chi connectivity index (χ4n) is 4.24. The Morgan fingerprint density at radius 1 is 1.00 bits per heavy atom. The summed E-state index contributed by atoms with van der Waals surface area (Å²) in [6.07, 6.45) is 0.0188. The van der Waals surface area contributed by atoms with E-state index in [-0.39, 0.29) is 38.5 Å². The Morgan fingerprint density at radius 2 is 1.54 bits per heavy atom. The fraction of sp³-hybridized carbons (Fsp3) is 0.364. The third kappa shape index (κ3) is 3.03. The summed E-state index contributed by atoms with van der Waals surface area (Å²) in [7, 11) is 0. The topological polar surface area (TPSA) is 87.1 Å². The van der Waals surface area contributed by atoms with Crippen LogP contribution in [0.2, 0.25) is 0 Å². The van der Waals surface area contributed by atoms with Crippen LogP contribution in [0, 0.1) is 5.41 Å². The summed E-state index contributed by atoms with van der Waals surface area (Å²) in [5.41, 5.74) is 3.50. The van der Waals surface area contributed by atoms with Crippen molar-refractivity contribution in [1.82, 2.24) is 4.90 Å². The van der Waals surface area contributed by atoms with Crippen LogP contribution in [-0.4, -0.2) is 53.5 Å². The number of fused-ring (bicyclic) bond motifs is 3. The number of aliphatic carboxylic acids is 1. The maximum atomic E-state index is 12.5. The number of likely N-dealkylation sites (tertiary alicyclic amines) is 1. The Morgan fingerprint density at radius 3 is 2.04 bits per heavy atom. The Bertz CT molecular complexity index is 856. The quantitative estimate of drug-likeness (QED) is 0.850. The van der Waals surface area contributed by atoms with E-state index in [2.05, 4.69) is 24.3 Å². The number of carbonyl (C=O) groups is 2. The van der Waals surface area contributed by atoms with Gasteiger partial charge in [0.1, 0.15) is 6.61 Å². The monoisotopic (exact) mass is 381 g/mol. The second-order valence-corrected chi connectivity index (χ2v) is 7.53. The second kappa shape index (κ2) is 7.28. The van der Waals surface area contributed by atoms with Crippen LogP contribution in [-0.2, 0) is 9.53 Å². The van der Waals surface area contributed by atoms with Crippen molar-refractivity contribution >= 4 is 12.1 Å². The van der Waals surface area contributed by atoms with Crippen LogP contribution in [0.25, 0.3) is 11.1 Å². The minimum atomic E-state index is -1.15. The van der Waals surface area contributed by atoms with Crippen LogP contribution in [0.5, 0.6) is 0 Å². The molecule has 0 unspecified atom stereocenters. The van der Waals surface area contributed by atoms with E-state index in [9.17, 15) is 19.8 Å². The van der Waals surface area contributed by atoms with Crippen molar-refractivity contribution < 1.29 is 24.5 Å². The van der Waals surface area contributed by atoms with Crippen molar-refractivity contribution in [3.63, 3.8) is 0 Å². The molecule has 0 radical (unpaired) electrons. The fourth-order valence-corrected chi connectivity index (χ4v) is 4.24.